The average molecular weight is 358 g/mol. The summed E-state index contributed by atoms with van der Waals surface area (Å²) in [5, 5.41) is 7.27. The van der Waals surface area contributed by atoms with Gasteiger partial charge in [0.25, 0.3) is 6.43 Å². The minimum absolute atomic E-state index is 0.00523. The largest absolute Gasteiger partial charge is 0.313 e. The molecule has 1 N–H and O–H groups in total. The van der Waals surface area contributed by atoms with Crippen LogP contribution >= 0.6 is 15.9 Å². The molecule has 0 bridgehead atoms. The maximum atomic E-state index is 13.3. The third-order valence-corrected chi connectivity index (χ3v) is 3.96. The maximum Gasteiger partial charge on any atom is 0.280 e. The summed E-state index contributed by atoms with van der Waals surface area (Å²) in [7, 11) is 0. The van der Waals surface area contributed by atoms with Gasteiger partial charge in [-0.05, 0) is 24.6 Å². The third-order valence-electron chi connectivity index (χ3n) is 3.19. The monoisotopic (exact) mass is 357 g/mol. The summed E-state index contributed by atoms with van der Waals surface area (Å²) < 4.78 is 28.9. The van der Waals surface area contributed by atoms with E-state index in [1.54, 1.807) is 0 Å². The van der Waals surface area contributed by atoms with Gasteiger partial charge in [0.15, 0.2) is 0 Å². The lowest BCUT2D eigenvalue weighted by atomic mass is 10.2. The number of hydrogen-bond acceptors (Lipinski definition) is 2. The van der Waals surface area contributed by atoms with Crippen LogP contribution in [0.3, 0.4) is 0 Å². The normalized spacial score (nSPS) is 11.3. The Labute approximate surface area is 131 Å². The number of benzene rings is 1. The van der Waals surface area contributed by atoms with Crippen molar-refractivity contribution in [2.24, 2.45) is 0 Å². The lowest BCUT2D eigenvalue weighted by Crippen LogP contribution is -2.16. The Balaban J connectivity index is 2.21. The van der Waals surface area contributed by atoms with E-state index >= 15 is 0 Å². The van der Waals surface area contributed by atoms with E-state index in [-0.39, 0.29) is 5.69 Å². The summed E-state index contributed by atoms with van der Waals surface area (Å²) in [4.78, 5) is 0. The van der Waals surface area contributed by atoms with E-state index in [0.29, 0.717) is 18.7 Å². The summed E-state index contributed by atoms with van der Waals surface area (Å²) in [5.74, 6) is 0. The lowest BCUT2D eigenvalue weighted by molar-refractivity contribution is 0.138. The maximum absolute atomic E-state index is 13.3. The Hall–Kier alpha value is -1.27. The van der Waals surface area contributed by atoms with Crippen molar-refractivity contribution in [2.45, 2.75) is 32.9 Å². The fraction of sp³-hybridized carbons (Fsp3) is 0.400. The zero-order valence-electron chi connectivity index (χ0n) is 11.8. The molecule has 0 atom stereocenters. The molecular formula is C15H18BrF2N3. The Bertz CT molecular complexity index is 584. The van der Waals surface area contributed by atoms with Crippen molar-refractivity contribution in [3.63, 3.8) is 0 Å². The van der Waals surface area contributed by atoms with Gasteiger partial charge in [-0.25, -0.2) is 8.78 Å². The molecule has 0 aliphatic carbocycles. The van der Waals surface area contributed by atoms with Crippen molar-refractivity contribution in [1.29, 1.82) is 0 Å². The van der Waals surface area contributed by atoms with E-state index in [4.69, 9.17) is 0 Å². The first-order valence-corrected chi connectivity index (χ1v) is 7.69. The number of rotatable bonds is 7. The molecular weight excluding hydrogens is 340 g/mol. The molecule has 0 radical (unpaired) electrons. The van der Waals surface area contributed by atoms with Gasteiger partial charge >= 0.3 is 0 Å². The molecule has 0 unspecified atom stereocenters. The van der Waals surface area contributed by atoms with Crippen LogP contribution in [0.1, 0.15) is 36.6 Å². The predicted molar refractivity (Wildman–Crippen MR) is 82.4 cm³/mol. The van der Waals surface area contributed by atoms with Crippen molar-refractivity contribution >= 4 is 15.9 Å². The summed E-state index contributed by atoms with van der Waals surface area (Å²) in [6, 6.07) is 7.57. The van der Waals surface area contributed by atoms with E-state index in [2.05, 4.69) is 26.3 Å². The molecule has 0 aliphatic rings. The first-order valence-electron chi connectivity index (χ1n) is 6.90. The van der Waals surface area contributed by atoms with Crippen LogP contribution in [-0.4, -0.2) is 16.3 Å². The molecule has 2 aromatic rings. The Morgan fingerprint density at radius 2 is 2.05 bits per heavy atom. The molecule has 0 aliphatic heterocycles. The van der Waals surface area contributed by atoms with Gasteiger partial charge in [-0.1, -0.05) is 41.1 Å². The molecule has 1 aromatic heterocycles. The van der Waals surface area contributed by atoms with Gasteiger partial charge < -0.3 is 5.32 Å². The van der Waals surface area contributed by atoms with Crippen molar-refractivity contribution in [2.75, 3.05) is 6.54 Å². The fourth-order valence-corrected chi connectivity index (χ4v) is 2.55. The molecule has 0 fully saturated rings. The number of nitrogens with one attached hydrogen (secondary N) is 1. The number of aromatic nitrogens is 2. The van der Waals surface area contributed by atoms with Crippen molar-refractivity contribution < 1.29 is 8.78 Å². The van der Waals surface area contributed by atoms with Gasteiger partial charge in [0.05, 0.1) is 12.7 Å². The number of alkyl halides is 2. The number of halogens is 3. The van der Waals surface area contributed by atoms with Gasteiger partial charge in [0, 0.05) is 16.6 Å². The van der Waals surface area contributed by atoms with Crippen LogP contribution in [0.15, 0.2) is 34.9 Å². The molecule has 0 amide bonds. The van der Waals surface area contributed by atoms with Gasteiger partial charge in [-0.15, -0.1) is 0 Å². The van der Waals surface area contributed by atoms with E-state index in [1.165, 1.54) is 10.9 Å². The first-order chi connectivity index (χ1) is 10.1. The molecule has 3 nitrogen and oxygen atoms in total. The smallest absolute Gasteiger partial charge is 0.280 e. The van der Waals surface area contributed by atoms with Gasteiger partial charge in [-0.2, -0.15) is 5.10 Å². The van der Waals surface area contributed by atoms with Crippen LogP contribution in [0.25, 0.3) is 0 Å². The summed E-state index contributed by atoms with van der Waals surface area (Å²) in [6.07, 6.45) is -0.0377. The van der Waals surface area contributed by atoms with E-state index in [0.717, 1.165) is 23.0 Å². The fourth-order valence-electron chi connectivity index (χ4n) is 2.14. The minimum Gasteiger partial charge on any atom is -0.313 e. The minimum atomic E-state index is -2.53. The molecule has 0 spiro atoms. The zero-order valence-corrected chi connectivity index (χ0v) is 13.4. The van der Waals surface area contributed by atoms with Crippen LogP contribution in [0.4, 0.5) is 8.78 Å². The number of hydrogen-bond donors (Lipinski definition) is 1. The van der Waals surface area contributed by atoms with Gasteiger partial charge in [0.1, 0.15) is 5.69 Å². The standard InChI is InChI=1S/C15H18BrF2N3/c1-2-7-19-8-12-9-20-21(14(12)15(17)18)10-11-5-3-4-6-13(11)16/h3-6,9,15,19H,2,7-8,10H2,1H3. The highest BCUT2D eigenvalue weighted by atomic mass is 79.9. The van der Waals surface area contributed by atoms with E-state index in [1.807, 2.05) is 31.2 Å². The van der Waals surface area contributed by atoms with Crippen LogP contribution in [0.2, 0.25) is 0 Å². The predicted octanol–water partition coefficient (Wildman–Crippen LogP) is 4.13. The molecule has 6 heteroatoms. The second kappa shape index (κ2) is 7.66. The second-order valence-electron chi connectivity index (χ2n) is 4.78. The average Bonchev–Trinajstić information content (AvgIpc) is 2.85. The Kier molecular flexibility index (Phi) is 5.87. The van der Waals surface area contributed by atoms with E-state index < -0.39 is 6.43 Å². The SMILES string of the molecule is CCCNCc1cnn(Cc2ccccc2Br)c1C(F)F. The molecule has 0 saturated carbocycles. The summed E-state index contributed by atoms with van der Waals surface area (Å²) in [6.45, 7) is 3.59. The van der Waals surface area contributed by atoms with Crippen LogP contribution in [0, 0.1) is 0 Å². The van der Waals surface area contributed by atoms with Gasteiger partial charge in [0.2, 0.25) is 0 Å². The highest BCUT2D eigenvalue weighted by Crippen LogP contribution is 2.25. The van der Waals surface area contributed by atoms with Crippen LogP contribution < -0.4 is 5.32 Å². The third kappa shape index (κ3) is 4.11. The summed E-state index contributed by atoms with van der Waals surface area (Å²) in [5.41, 5.74) is 1.48. The highest BCUT2D eigenvalue weighted by Gasteiger charge is 2.20. The van der Waals surface area contributed by atoms with Crippen molar-refractivity contribution in [3.05, 3.63) is 51.8 Å². The van der Waals surface area contributed by atoms with Crippen LogP contribution in [0.5, 0.6) is 0 Å². The highest BCUT2D eigenvalue weighted by molar-refractivity contribution is 9.10. The van der Waals surface area contributed by atoms with Crippen molar-refractivity contribution in [3.8, 4) is 0 Å². The number of nitrogens with zero attached hydrogens (tertiary/aromatic N) is 2. The Morgan fingerprint density at radius 1 is 1.29 bits per heavy atom. The molecule has 0 saturated heterocycles. The zero-order chi connectivity index (χ0) is 15.2. The van der Waals surface area contributed by atoms with Crippen molar-refractivity contribution in [1.82, 2.24) is 15.1 Å². The quantitative estimate of drug-likeness (QED) is 0.755. The molecule has 21 heavy (non-hydrogen) atoms. The topological polar surface area (TPSA) is 29.9 Å². The molecule has 2 rings (SSSR count). The first kappa shape index (κ1) is 16.1. The molecule has 1 heterocycles. The van der Waals surface area contributed by atoms with Gasteiger partial charge in [-0.3, -0.25) is 4.68 Å². The van der Waals surface area contributed by atoms with E-state index in [9.17, 15) is 8.78 Å². The van der Waals surface area contributed by atoms with Crippen LogP contribution in [-0.2, 0) is 13.1 Å². The lowest BCUT2D eigenvalue weighted by Gasteiger charge is -2.10. The summed E-state index contributed by atoms with van der Waals surface area (Å²) >= 11 is 3.43. The molecule has 1 aromatic carbocycles. The molecule has 114 valence electrons. The second-order valence-corrected chi connectivity index (χ2v) is 5.64. The Morgan fingerprint density at radius 3 is 2.71 bits per heavy atom.